The van der Waals surface area contributed by atoms with Gasteiger partial charge in [0.2, 0.25) is 0 Å². The van der Waals surface area contributed by atoms with Crippen LogP contribution in [-0.2, 0) is 17.4 Å². The summed E-state index contributed by atoms with van der Waals surface area (Å²) in [7, 11) is 0. The molecule has 6 heteroatoms. The number of halogens is 4. The maximum Gasteiger partial charge on any atom is 0.417 e. The van der Waals surface area contributed by atoms with E-state index >= 15 is 0 Å². The molecule has 0 bridgehead atoms. The van der Waals surface area contributed by atoms with E-state index in [4.69, 9.17) is 16.7 Å². The largest absolute Gasteiger partial charge is 0.481 e. The van der Waals surface area contributed by atoms with E-state index in [-0.39, 0.29) is 28.1 Å². The van der Waals surface area contributed by atoms with E-state index in [2.05, 4.69) is 0 Å². The number of carboxylic acid groups (broad SMARTS) is 1. The van der Waals surface area contributed by atoms with Crippen LogP contribution in [0.5, 0.6) is 0 Å². The van der Waals surface area contributed by atoms with Gasteiger partial charge in [-0.3, -0.25) is 4.79 Å². The van der Waals surface area contributed by atoms with Gasteiger partial charge in [0.1, 0.15) is 0 Å². The van der Waals surface area contributed by atoms with Crippen LogP contribution in [0.4, 0.5) is 13.2 Å². The zero-order chi connectivity index (χ0) is 15.6. The first-order chi connectivity index (χ1) is 9.80. The Morgan fingerprint density at radius 3 is 2.29 bits per heavy atom. The second-order valence-corrected chi connectivity index (χ2v) is 4.77. The van der Waals surface area contributed by atoms with Gasteiger partial charge in [-0.1, -0.05) is 48.0 Å². The molecular formula is C15H10ClF3O2. The minimum absolute atomic E-state index is 0.0246. The van der Waals surface area contributed by atoms with E-state index in [9.17, 15) is 18.0 Å². The van der Waals surface area contributed by atoms with Crippen LogP contribution in [0.2, 0.25) is 5.02 Å². The van der Waals surface area contributed by atoms with Crippen molar-refractivity contribution in [1.82, 2.24) is 0 Å². The Labute approximate surface area is 123 Å². The summed E-state index contributed by atoms with van der Waals surface area (Å²) in [5, 5.41) is 8.82. The maximum absolute atomic E-state index is 13.0. The van der Waals surface area contributed by atoms with Crippen molar-refractivity contribution in [3.05, 3.63) is 58.6 Å². The van der Waals surface area contributed by atoms with E-state index in [1.54, 1.807) is 0 Å². The summed E-state index contributed by atoms with van der Waals surface area (Å²) in [5.74, 6) is -1.10. The second-order valence-electron chi connectivity index (χ2n) is 4.39. The molecule has 0 aliphatic heterocycles. The molecule has 0 saturated heterocycles. The maximum atomic E-state index is 13.0. The average Bonchev–Trinajstić information content (AvgIpc) is 2.40. The number of hydrogen-bond acceptors (Lipinski definition) is 1. The van der Waals surface area contributed by atoms with Crippen molar-refractivity contribution < 1.29 is 23.1 Å². The third-order valence-electron chi connectivity index (χ3n) is 2.94. The fraction of sp³-hybridized carbons (Fsp3) is 0.133. The number of benzene rings is 2. The lowest BCUT2D eigenvalue weighted by Gasteiger charge is -2.15. The molecule has 2 nitrogen and oxygen atoms in total. The van der Waals surface area contributed by atoms with Crippen molar-refractivity contribution in [2.75, 3.05) is 0 Å². The number of hydrogen-bond donors (Lipinski definition) is 1. The van der Waals surface area contributed by atoms with Crippen LogP contribution in [-0.4, -0.2) is 11.1 Å². The van der Waals surface area contributed by atoms with E-state index < -0.39 is 17.7 Å². The summed E-state index contributed by atoms with van der Waals surface area (Å²) in [6.45, 7) is 0. The van der Waals surface area contributed by atoms with Crippen LogP contribution < -0.4 is 0 Å². The fourth-order valence-electron chi connectivity index (χ4n) is 2.05. The number of rotatable bonds is 3. The molecule has 0 amide bonds. The summed E-state index contributed by atoms with van der Waals surface area (Å²) in [6.07, 6.45) is -4.86. The van der Waals surface area contributed by atoms with Gasteiger partial charge in [0.15, 0.2) is 0 Å². The van der Waals surface area contributed by atoms with Gasteiger partial charge in [-0.05, 0) is 17.2 Å². The highest BCUT2D eigenvalue weighted by atomic mass is 35.5. The normalized spacial score (nSPS) is 11.4. The van der Waals surface area contributed by atoms with E-state index in [0.29, 0.717) is 0 Å². The molecule has 1 N–H and O–H groups in total. The van der Waals surface area contributed by atoms with Crippen molar-refractivity contribution in [2.24, 2.45) is 0 Å². The van der Waals surface area contributed by atoms with Gasteiger partial charge in [0, 0.05) is 5.56 Å². The highest BCUT2D eigenvalue weighted by molar-refractivity contribution is 6.34. The van der Waals surface area contributed by atoms with E-state index in [0.717, 1.165) is 6.07 Å². The molecule has 0 aliphatic carbocycles. The zero-order valence-corrected chi connectivity index (χ0v) is 11.4. The highest BCUT2D eigenvalue weighted by Crippen LogP contribution is 2.40. The lowest BCUT2D eigenvalue weighted by atomic mass is 9.97. The molecule has 2 aromatic rings. The highest BCUT2D eigenvalue weighted by Gasteiger charge is 2.33. The first-order valence-electron chi connectivity index (χ1n) is 5.96. The first kappa shape index (κ1) is 15.4. The quantitative estimate of drug-likeness (QED) is 0.895. The number of carboxylic acids is 1. The molecule has 0 aliphatic rings. The lowest BCUT2D eigenvalue weighted by molar-refractivity contribution is -0.137. The summed E-state index contributed by atoms with van der Waals surface area (Å²) in [6, 6.07) is 9.47. The number of alkyl halides is 3. The number of carbonyl (C=O) groups is 1. The molecule has 21 heavy (non-hydrogen) atoms. The van der Waals surface area contributed by atoms with Crippen molar-refractivity contribution in [2.45, 2.75) is 12.6 Å². The van der Waals surface area contributed by atoms with Gasteiger partial charge in [0.25, 0.3) is 0 Å². The summed E-state index contributed by atoms with van der Waals surface area (Å²) in [5.41, 5.74) is -0.427. The van der Waals surface area contributed by atoms with Crippen molar-refractivity contribution in [1.29, 1.82) is 0 Å². The van der Waals surface area contributed by atoms with Crippen molar-refractivity contribution >= 4 is 17.6 Å². The zero-order valence-electron chi connectivity index (χ0n) is 10.6. The molecule has 0 unspecified atom stereocenters. The third-order valence-corrected chi connectivity index (χ3v) is 3.39. The molecular weight excluding hydrogens is 305 g/mol. The molecule has 110 valence electrons. The topological polar surface area (TPSA) is 37.3 Å². The van der Waals surface area contributed by atoms with Crippen LogP contribution in [0, 0.1) is 0 Å². The summed E-state index contributed by atoms with van der Waals surface area (Å²) < 4.78 is 39.1. The summed E-state index contributed by atoms with van der Waals surface area (Å²) in [4.78, 5) is 10.8. The Hall–Kier alpha value is -2.01. The van der Waals surface area contributed by atoms with Gasteiger partial charge in [-0.2, -0.15) is 13.2 Å². The number of aliphatic carboxylic acids is 1. The van der Waals surface area contributed by atoms with Crippen LogP contribution in [0.25, 0.3) is 11.1 Å². The first-order valence-corrected chi connectivity index (χ1v) is 6.34. The predicted octanol–water partition coefficient (Wildman–Crippen LogP) is 4.65. The Kier molecular flexibility index (Phi) is 4.23. The Morgan fingerprint density at radius 1 is 1.05 bits per heavy atom. The van der Waals surface area contributed by atoms with Crippen LogP contribution in [0.3, 0.4) is 0 Å². The molecule has 0 aromatic heterocycles. The molecule has 2 aromatic carbocycles. The minimum atomic E-state index is -4.51. The van der Waals surface area contributed by atoms with Gasteiger partial charge in [-0.25, -0.2) is 0 Å². The third kappa shape index (κ3) is 3.36. The van der Waals surface area contributed by atoms with Crippen LogP contribution >= 0.6 is 11.6 Å². The van der Waals surface area contributed by atoms with Gasteiger partial charge < -0.3 is 5.11 Å². The smallest absolute Gasteiger partial charge is 0.417 e. The Bertz CT molecular complexity index is 681. The molecule has 0 fully saturated rings. The predicted molar refractivity (Wildman–Crippen MR) is 73.2 cm³/mol. The van der Waals surface area contributed by atoms with E-state index in [1.165, 1.54) is 36.4 Å². The fourth-order valence-corrected chi connectivity index (χ4v) is 2.35. The lowest BCUT2D eigenvalue weighted by Crippen LogP contribution is -2.07. The van der Waals surface area contributed by atoms with Crippen LogP contribution in [0.1, 0.15) is 11.1 Å². The molecule has 0 saturated carbocycles. The minimum Gasteiger partial charge on any atom is -0.481 e. The molecule has 0 spiro atoms. The molecule has 2 rings (SSSR count). The second kappa shape index (κ2) is 5.77. The standard InChI is InChI=1S/C15H10ClF3O2/c16-14-9(8-13(20)21)4-3-6-11(14)10-5-1-2-7-12(10)15(17,18)19/h1-7H,8H2,(H,20,21). The Morgan fingerprint density at radius 2 is 1.67 bits per heavy atom. The molecule has 0 atom stereocenters. The van der Waals surface area contributed by atoms with Crippen molar-refractivity contribution in [3.8, 4) is 11.1 Å². The van der Waals surface area contributed by atoms with Gasteiger partial charge >= 0.3 is 12.1 Å². The molecule has 0 heterocycles. The van der Waals surface area contributed by atoms with Crippen molar-refractivity contribution in [3.63, 3.8) is 0 Å². The average molecular weight is 315 g/mol. The summed E-state index contributed by atoms with van der Waals surface area (Å²) >= 11 is 6.08. The SMILES string of the molecule is O=C(O)Cc1cccc(-c2ccccc2C(F)(F)F)c1Cl. The van der Waals surface area contributed by atoms with Gasteiger partial charge in [0.05, 0.1) is 17.0 Å². The van der Waals surface area contributed by atoms with Crippen LogP contribution in [0.15, 0.2) is 42.5 Å². The van der Waals surface area contributed by atoms with Gasteiger partial charge in [-0.15, -0.1) is 0 Å². The monoisotopic (exact) mass is 314 g/mol. The Balaban J connectivity index is 2.61. The van der Waals surface area contributed by atoms with E-state index in [1.807, 2.05) is 0 Å². The molecule has 0 radical (unpaired) electrons.